The first-order valence-corrected chi connectivity index (χ1v) is 7.43. The van der Waals surface area contributed by atoms with Crippen LogP contribution in [0.4, 0.5) is 4.39 Å². The van der Waals surface area contributed by atoms with Gasteiger partial charge in [0.2, 0.25) is 5.91 Å². The Bertz CT molecular complexity index is 678. The fourth-order valence-electron chi connectivity index (χ4n) is 1.88. The molecule has 0 aliphatic heterocycles. The van der Waals surface area contributed by atoms with Gasteiger partial charge >= 0.3 is 0 Å². The molecule has 0 fully saturated rings. The van der Waals surface area contributed by atoms with Crippen molar-refractivity contribution in [3.63, 3.8) is 0 Å². The maximum absolute atomic E-state index is 13.2. The van der Waals surface area contributed by atoms with E-state index < -0.39 is 0 Å². The summed E-state index contributed by atoms with van der Waals surface area (Å²) in [7, 11) is 1.75. The predicted octanol–water partition coefficient (Wildman–Crippen LogP) is 3.65. The van der Waals surface area contributed by atoms with E-state index in [2.05, 4.69) is 4.98 Å². The van der Waals surface area contributed by atoms with E-state index in [0.717, 1.165) is 16.1 Å². The van der Waals surface area contributed by atoms with Gasteiger partial charge in [-0.1, -0.05) is 12.1 Å². The fraction of sp³-hybridized carbons (Fsp3) is 0.250. The van der Waals surface area contributed by atoms with Crippen LogP contribution < -0.4 is 0 Å². The van der Waals surface area contributed by atoms with Crippen LogP contribution in [0.3, 0.4) is 0 Å². The predicted molar refractivity (Wildman–Crippen MR) is 83.4 cm³/mol. The van der Waals surface area contributed by atoms with E-state index in [9.17, 15) is 9.18 Å². The summed E-state index contributed by atoms with van der Waals surface area (Å²) in [6.07, 6.45) is 1.53. The third-order valence-corrected chi connectivity index (χ3v) is 4.14. The first-order chi connectivity index (χ1) is 9.97. The Morgan fingerprint density at radius 2 is 2.24 bits per heavy atom. The lowest BCUT2D eigenvalue weighted by Crippen LogP contribution is -2.24. The molecule has 0 aliphatic rings. The molecule has 0 atom stereocenters. The molecule has 2 rings (SSSR count). The number of carbonyl (C=O) groups excluding carboxylic acids is 1. The molecule has 0 unspecified atom stereocenters. The first-order valence-electron chi connectivity index (χ1n) is 6.55. The van der Waals surface area contributed by atoms with Crippen LogP contribution in [0.2, 0.25) is 0 Å². The van der Waals surface area contributed by atoms with Gasteiger partial charge in [-0.05, 0) is 37.1 Å². The molecule has 1 heterocycles. The second kappa shape index (κ2) is 6.63. The monoisotopic (exact) mass is 304 g/mol. The third-order valence-electron chi connectivity index (χ3n) is 3.22. The molecular weight excluding hydrogens is 287 g/mol. The van der Waals surface area contributed by atoms with E-state index >= 15 is 0 Å². The Kier molecular flexibility index (Phi) is 4.85. The molecule has 3 nitrogen and oxygen atoms in total. The van der Waals surface area contributed by atoms with Gasteiger partial charge in [0.25, 0.3) is 0 Å². The summed E-state index contributed by atoms with van der Waals surface area (Å²) in [5.74, 6) is -0.411. The lowest BCUT2D eigenvalue weighted by molar-refractivity contribution is -0.125. The largest absolute Gasteiger partial charge is 0.337 e. The van der Waals surface area contributed by atoms with Crippen LogP contribution in [0.25, 0.3) is 5.57 Å². The molecule has 0 saturated carbocycles. The summed E-state index contributed by atoms with van der Waals surface area (Å²) in [6.45, 7) is 4.26. The number of halogens is 1. The van der Waals surface area contributed by atoms with Gasteiger partial charge in [-0.3, -0.25) is 4.79 Å². The number of thiazole rings is 1. The number of hydrogen-bond acceptors (Lipinski definition) is 3. The topological polar surface area (TPSA) is 33.2 Å². The molecule has 1 aromatic carbocycles. The Morgan fingerprint density at radius 3 is 2.86 bits per heavy atom. The summed E-state index contributed by atoms with van der Waals surface area (Å²) < 4.78 is 13.2. The number of rotatable bonds is 4. The second-order valence-electron chi connectivity index (χ2n) is 4.89. The normalized spacial score (nSPS) is 11.5. The minimum Gasteiger partial charge on any atom is -0.337 e. The van der Waals surface area contributed by atoms with E-state index in [1.807, 2.05) is 6.92 Å². The Hall–Kier alpha value is -2.01. The van der Waals surface area contributed by atoms with Crippen molar-refractivity contribution in [3.05, 3.63) is 57.8 Å². The van der Waals surface area contributed by atoms with E-state index in [-0.39, 0.29) is 11.7 Å². The highest BCUT2D eigenvalue weighted by Gasteiger charge is 2.10. The van der Waals surface area contributed by atoms with Crippen molar-refractivity contribution in [2.24, 2.45) is 0 Å². The molecule has 0 radical (unpaired) electrons. The highest BCUT2D eigenvalue weighted by molar-refractivity contribution is 7.09. The number of carbonyl (C=O) groups is 1. The smallest absolute Gasteiger partial charge is 0.246 e. The number of aromatic nitrogens is 1. The molecule has 0 saturated heterocycles. The summed E-state index contributed by atoms with van der Waals surface area (Å²) in [6, 6.07) is 6.23. The van der Waals surface area contributed by atoms with E-state index in [1.54, 1.807) is 36.5 Å². The van der Waals surface area contributed by atoms with Crippen molar-refractivity contribution >= 4 is 22.8 Å². The van der Waals surface area contributed by atoms with Crippen LogP contribution in [-0.2, 0) is 11.3 Å². The molecule has 2 aromatic rings. The maximum Gasteiger partial charge on any atom is 0.246 e. The van der Waals surface area contributed by atoms with Gasteiger partial charge < -0.3 is 4.90 Å². The summed E-state index contributed by atoms with van der Waals surface area (Å²) in [5, 5.41) is 0. The Morgan fingerprint density at radius 1 is 1.48 bits per heavy atom. The average molecular weight is 304 g/mol. The number of likely N-dealkylation sites (N-methyl/N-ethyl adjacent to an activating group) is 1. The fourth-order valence-corrected chi connectivity index (χ4v) is 2.71. The van der Waals surface area contributed by atoms with E-state index in [0.29, 0.717) is 12.1 Å². The van der Waals surface area contributed by atoms with Gasteiger partial charge in [0.15, 0.2) is 0 Å². The van der Waals surface area contributed by atoms with Gasteiger partial charge in [0, 0.05) is 18.0 Å². The molecule has 0 N–H and O–H groups in total. The van der Waals surface area contributed by atoms with Crippen LogP contribution in [0.15, 0.2) is 35.9 Å². The average Bonchev–Trinajstić information content (AvgIpc) is 2.84. The zero-order chi connectivity index (χ0) is 15.4. The van der Waals surface area contributed by atoms with Gasteiger partial charge in [0.1, 0.15) is 5.82 Å². The van der Waals surface area contributed by atoms with Crippen molar-refractivity contribution in [3.8, 4) is 0 Å². The van der Waals surface area contributed by atoms with Gasteiger partial charge in [-0.15, -0.1) is 11.3 Å². The minimum absolute atomic E-state index is 0.107. The molecule has 110 valence electrons. The van der Waals surface area contributed by atoms with Crippen LogP contribution in [0.1, 0.15) is 23.1 Å². The SMILES string of the molecule is CC(=CC(=O)N(C)Cc1scnc1C)c1cccc(F)c1. The first kappa shape index (κ1) is 15.4. The molecule has 5 heteroatoms. The molecule has 0 bridgehead atoms. The molecule has 1 amide bonds. The number of hydrogen-bond donors (Lipinski definition) is 0. The summed E-state index contributed by atoms with van der Waals surface area (Å²) in [5.41, 5.74) is 4.18. The summed E-state index contributed by atoms with van der Waals surface area (Å²) in [4.78, 5) is 19.1. The van der Waals surface area contributed by atoms with Crippen molar-refractivity contribution in [2.75, 3.05) is 7.05 Å². The second-order valence-corrected chi connectivity index (χ2v) is 5.83. The molecule has 21 heavy (non-hydrogen) atoms. The van der Waals surface area contributed by atoms with Crippen molar-refractivity contribution in [1.29, 1.82) is 0 Å². The quantitative estimate of drug-likeness (QED) is 0.808. The van der Waals surface area contributed by atoms with Crippen LogP contribution in [-0.4, -0.2) is 22.8 Å². The van der Waals surface area contributed by atoms with Crippen molar-refractivity contribution in [1.82, 2.24) is 9.88 Å². The van der Waals surface area contributed by atoms with E-state index in [4.69, 9.17) is 0 Å². The molecule has 0 aliphatic carbocycles. The lowest BCUT2D eigenvalue weighted by atomic mass is 10.1. The molecule has 1 aromatic heterocycles. The Balaban J connectivity index is 2.09. The zero-order valence-corrected chi connectivity index (χ0v) is 13.1. The van der Waals surface area contributed by atoms with Crippen molar-refractivity contribution in [2.45, 2.75) is 20.4 Å². The highest BCUT2D eigenvalue weighted by atomic mass is 32.1. The molecular formula is C16H17FN2OS. The van der Waals surface area contributed by atoms with Gasteiger partial charge in [-0.2, -0.15) is 0 Å². The number of allylic oxidation sites excluding steroid dienone is 1. The van der Waals surface area contributed by atoms with Crippen LogP contribution >= 0.6 is 11.3 Å². The standard InChI is InChI=1S/C16H17FN2OS/c1-11(13-5-4-6-14(17)8-13)7-16(20)19(3)9-15-12(2)18-10-21-15/h4-8,10H,9H2,1-3H3. The Labute approximate surface area is 127 Å². The number of aryl methyl sites for hydroxylation is 1. The van der Waals surface area contributed by atoms with Crippen LogP contribution in [0.5, 0.6) is 0 Å². The summed E-state index contributed by atoms with van der Waals surface area (Å²) >= 11 is 1.54. The lowest BCUT2D eigenvalue weighted by Gasteiger charge is -2.15. The van der Waals surface area contributed by atoms with Crippen molar-refractivity contribution < 1.29 is 9.18 Å². The zero-order valence-electron chi connectivity index (χ0n) is 12.3. The number of nitrogens with zero attached hydrogens (tertiary/aromatic N) is 2. The van der Waals surface area contributed by atoms with Gasteiger partial charge in [0.05, 0.1) is 17.7 Å². The maximum atomic E-state index is 13.2. The van der Waals surface area contributed by atoms with E-state index in [1.165, 1.54) is 29.5 Å². The van der Waals surface area contributed by atoms with Gasteiger partial charge in [-0.25, -0.2) is 9.37 Å². The highest BCUT2D eigenvalue weighted by Crippen LogP contribution is 2.17. The van der Waals surface area contributed by atoms with Crippen LogP contribution in [0, 0.1) is 12.7 Å². The molecule has 0 spiro atoms. The third kappa shape index (κ3) is 3.98. The number of benzene rings is 1. The number of amides is 1. The minimum atomic E-state index is -0.304.